The highest BCUT2D eigenvalue weighted by atomic mass is 127. The predicted molar refractivity (Wildman–Crippen MR) is 159 cm³/mol. The smallest absolute Gasteiger partial charge is 0.357 e. The Morgan fingerprint density at radius 3 is 2.10 bits per heavy atom. The van der Waals surface area contributed by atoms with Crippen LogP contribution in [0.15, 0.2) is 95.9 Å². The molecule has 0 atom stereocenters. The van der Waals surface area contributed by atoms with Gasteiger partial charge in [-0.25, -0.2) is 13.4 Å². The molecule has 0 fully saturated rings. The van der Waals surface area contributed by atoms with E-state index in [4.69, 9.17) is 9.47 Å². The molecule has 218 valence electrons. The fourth-order valence-electron chi connectivity index (χ4n) is 3.50. The zero-order valence-electron chi connectivity index (χ0n) is 23.2. The fraction of sp³-hybridized carbons (Fsp3) is 0.161. The number of rotatable bonds is 9. The van der Waals surface area contributed by atoms with Crippen molar-refractivity contribution >= 4 is 42.7 Å². The number of hydrogen-bond acceptors (Lipinski definition) is 8. The molecule has 0 unspecified atom stereocenters. The van der Waals surface area contributed by atoms with Gasteiger partial charge in [-0.1, -0.05) is 46.7 Å². The molecule has 0 aliphatic carbocycles. The molecular weight excluding hydrogens is 687 g/mol. The molecule has 8 nitrogen and oxygen atoms in total. The van der Waals surface area contributed by atoms with E-state index in [-0.39, 0.29) is 38.8 Å². The van der Waals surface area contributed by atoms with Crippen molar-refractivity contribution in [3.05, 3.63) is 115 Å². The van der Waals surface area contributed by atoms with Gasteiger partial charge < -0.3 is 14.0 Å². The summed E-state index contributed by atoms with van der Waals surface area (Å²) in [5.74, 6) is 0.557. The maximum absolute atomic E-state index is 12.7. The first-order chi connectivity index (χ1) is 20.1. The molecule has 5 aromatic rings. The van der Waals surface area contributed by atoms with Gasteiger partial charge >= 0.3 is 21.2 Å². The van der Waals surface area contributed by atoms with E-state index in [9.17, 15) is 17.8 Å². The highest BCUT2D eigenvalue weighted by molar-refractivity contribution is 7.85. The van der Waals surface area contributed by atoms with Crippen molar-refractivity contribution in [2.45, 2.75) is 25.7 Å². The van der Waals surface area contributed by atoms with Gasteiger partial charge in [0.25, 0.3) is 5.91 Å². The average molecular weight is 717 g/mol. The van der Waals surface area contributed by atoms with Gasteiger partial charge in [-0.15, -0.1) is 0 Å². The summed E-state index contributed by atoms with van der Waals surface area (Å²) in [6, 6.07) is 27.9. The van der Waals surface area contributed by atoms with Gasteiger partial charge in [0.1, 0.15) is 15.9 Å². The van der Waals surface area contributed by atoms with Crippen molar-refractivity contribution in [3.8, 4) is 5.75 Å². The molecule has 0 saturated heterocycles. The second kappa shape index (κ2) is 14.7. The third kappa shape index (κ3) is 9.33. The van der Waals surface area contributed by atoms with E-state index in [1.54, 1.807) is 12.1 Å². The Kier molecular flexibility index (Phi) is 11.0. The number of nitrogens with one attached hydrogen (secondary N) is 1. The van der Waals surface area contributed by atoms with Crippen LogP contribution in [0.5, 0.6) is 5.75 Å². The van der Waals surface area contributed by atoms with Gasteiger partial charge in [0.15, 0.2) is 19.1 Å². The zero-order valence-corrected chi connectivity index (χ0v) is 27.0. The Bertz CT molecular complexity index is 1740. The number of amides is 1. The molecule has 0 aliphatic heterocycles. The quantitative estimate of drug-likeness (QED) is 0.108. The molecule has 0 radical (unpaired) electrons. The minimum atomic E-state index is -4.27. The van der Waals surface area contributed by atoms with Crippen LogP contribution in [-0.4, -0.2) is 37.3 Å². The van der Waals surface area contributed by atoms with E-state index in [1.807, 2.05) is 56.3 Å². The molecule has 11 heteroatoms. The molecule has 1 N–H and O–H groups in total. The first-order valence-electron chi connectivity index (χ1n) is 12.9. The molecule has 0 spiro atoms. The van der Waals surface area contributed by atoms with Crippen molar-refractivity contribution in [2.24, 2.45) is 0 Å². The molecule has 5 rings (SSSR count). The van der Waals surface area contributed by atoms with Gasteiger partial charge in [-0.2, -0.15) is 0 Å². The SMILES string of the molecule is CCOCOc1ccc2nc(NC(=O)c3ccc([I+]c4ccc(C)cc4)cc3)sc2c1.Cc1ccc(S(=O)(=O)[O-])cc1. The largest absolute Gasteiger partial charge is 0.744 e. The summed E-state index contributed by atoms with van der Waals surface area (Å²) in [7, 11) is -4.27. The minimum absolute atomic E-state index is 0.160. The minimum Gasteiger partial charge on any atom is -0.744 e. The lowest BCUT2D eigenvalue weighted by atomic mass is 10.2. The third-order valence-corrected chi connectivity index (χ3v) is 10.2. The van der Waals surface area contributed by atoms with Crippen LogP contribution in [0.25, 0.3) is 10.2 Å². The van der Waals surface area contributed by atoms with E-state index in [0.717, 1.165) is 21.5 Å². The fourth-order valence-corrected chi connectivity index (χ4v) is 7.02. The number of halogens is 1. The number of carbonyl (C=O) groups is 1. The Hall–Kier alpha value is -3.36. The summed E-state index contributed by atoms with van der Waals surface area (Å²) in [4.78, 5) is 17.0. The number of nitrogens with zero attached hydrogens (tertiary/aromatic N) is 1. The predicted octanol–water partition coefficient (Wildman–Crippen LogP) is 3.26. The second-order valence-corrected chi connectivity index (χ2v) is 14.5. The van der Waals surface area contributed by atoms with E-state index < -0.39 is 10.1 Å². The topological polar surface area (TPSA) is 118 Å². The highest BCUT2D eigenvalue weighted by Gasteiger charge is 2.17. The summed E-state index contributed by atoms with van der Waals surface area (Å²) in [6.45, 7) is 6.65. The van der Waals surface area contributed by atoms with E-state index in [0.29, 0.717) is 17.3 Å². The monoisotopic (exact) mass is 716 g/mol. The summed E-state index contributed by atoms with van der Waals surface area (Å²) in [5, 5.41) is 3.47. The van der Waals surface area contributed by atoms with Crippen LogP contribution in [-0.2, 0) is 14.9 Å². The van der Waals surface area contributed by atoms with Crippen molar-refractivity contribution in [3.63, 3.8) is 0 Å². The van der Waals surface area contributed by atoms with E-state index in [2.05, 4.69) is 41.5 Å². The number of ether oxygens (including phenoxy) is 2. The van der Waals surface area contributed by atoms with Crippen LogP contribution in [0, 0.1) is 21.0 Å². The van der Waals surface area contributed by atoms with Crippen molar-refractivity contribution in [1.82, 2.24) is 4.98 Å². The van der Waals surface area contributed by atoms with E-state index in [1.165, 1.54) is 36.2 Å². The van der Waals surface area contributed by atoms with Crippen LogP contribution in [0.4, 0.5) is 5.13 Å². The zero-order chi connectivity index (χ0) is 30.1. The van der Waals surface area contributed by atoms with Crippen molar-refractivity contribution < 1.29 is 48.4 Å². The lowest BCUT2D eigenvalue weighted by molar-refractivity contribution is -0.597. The summed E-state index contributed by atoms with van der Waals surface area (Å²) in [6.07, 6.45) is 0. The van der Waals surface area contributed by atoms with Crippen LogP contribution in [0.2, 0.25) is 0 Å². The lowest BCUT2D eigenvalue weighted by Gasteiger charge is -2.05. The molecule has 0 bridgehead atoms. The molecular formula is C31H29IN2O6S2. The van der Waals surface area contributed by atoms with Crippen LogP contribution < -0.4 is 31.3 Å². The summed E-state index contributed by atoms with van der Waals surface area (Å²) >= 11 is 1.17. The lowest BCUT2D eigenvalue weighted by Crippen LogP contribution is -3.61. The number of aromatic nitrogens is 1. The normalized spacial score (nSPS) is 11.0. The Balaban J connectivity index is 0.000000310. The van der Waals surface area contributed by atoms with Gasteiger partial charge in [0.2, 0.25) is 0 Å². The Morgan fingerprint density at radius 1 is 0.905 bits per heavy atom. The van der Waals surface area contributed by atoms with Gasteiger partial charge in [-0.3, -0.25) is 10.1 Å². The first kappa shape index (κ1) is 31.6. The average Bonchev–Trinajstić information content (AvgIpc) is 3.36. The number of anilines is 1. The Morgan fingerprint density at radius 2 is 1.50 bits per heavy atom. The van der Waals surface area contributed by atoms with Crippen LogP contribution in [0.3, 0.4) is 0 Å². The maximum Gasteiger partial charge on any atom is 0.357 e. The number of carbonyl (C=O) groups excluding carboxylic acids is 1. The summed E-state index contributed by atoms with van der Waals surface area (Å²) < 4.78 is 45.5. The molecule has 4 aromatic carbocycles. The standard InChI is InChI=1S/C24H21IN2O3S.C7H8O3S/c1-3-29-15-30-20-12-13-21-22(14-20)31-24(26-21)27-23(28)17-6-10-19(11-7-17)25-18-8-4-16(2)5-9-18;1-6-2-4-7(5-3-6)11(8,9)10/h4-14H,3,15H2,1-2H3;2-5H,1H3,(H,8,9,10). The molecule has 0 saturated carbocycles. The first-order valence-corrected chi connectivity index (χ1v) is 17.3. The second-order valence-electron chi connectivity index (χ2n) is 9.02. The van der Waals surface area contributed by atoms with Crippen LogP contribution in [0.1, 0.15) is 28.4 Å². The summed E-state index contributed by atoms with van der Waals surface area (Å²) in [5.41, 5.74) is 3.64. The van der Waals surface area contributed by atoms with Gasteiger partial charge in [0, 0.05) is 12.2 Å². The number of benzene rings is 4. The number of hydrogen-bond donors (Lipinski definition) is 1. The van der Waals surface area contributed by atoms with Gasteiger partial charge in [-0.05, 0) is 87.5 Å². The number of fused-ring (bicyclic) bond motifs is 1. The Labute approximate surface area is 259 Å². The molecule has 1 amide bonds. The number of thiazole rings is 1. The van der Waals surface area contributed by atoms with Crippen LogP contribution >= 0.6 is 11.3 Å². The third-order valence-electron chi connectivity index (χ3n) is 5.74. The van der Waals surface area contributed by atoms with Crippen molar-refractivity contribution in [2.75, 3.05) is 18.7 Å². The molecule has 42 heavy (non-hydrogen) atoms. The molecule has 1 heterocycles. The number of aryl methyl sites for hydroxylation is 2. The molecule has 0 aliphatic rings. The maximum atomic E-state index is 12.7. The van der Waals surface area contributed by atoms with E-state index >= 15 is 0 Å². The highest BCUT2D eigenvalue weighted by Crippen LogP contribution is 2.29. The van der Waals surface area contributed by atoms with Gasteiger partial charge in [0.05, 0.1) is 15.1 Å². The van der Waals surface area contributed by atoms with Crippen molar-refractivity contribution in [1.29, 1.82) is 0 Å². The molecule has 1 aromatic heterocycles.